The molecule has 0 spiro atoms. The minimum absolute atomic E-state index is 0.00787. The summed E-state index contributed by atoms with van der Waals surface area (Å²) in [5.41, 5.74) is -1.42. The summed E-state index contributed by atoms with van der Waals surface area (Å²) in [6, 6.07) is 10.8. The third-order valence-electron chi connectivity index (χ3n) is 7.19. The molecule has 1 unspecified atom stereocenters. The number of halogens is 3. The van der Waals surface area contributed by atoms with Crippen LogP contribution < -0.4 is 10.5 Å². The van der Waals surface area contributed by atoms with E-state index in [4.69, 9.17) is 33.5 Å². The molecule has 13 nitrogen and oxygen atoms in total. The van der Waals surface area contributed by atoms with E-state index >= 15 is 0 Å². The smallest absolute Gasteiger partial charge is 0.417 e. The fraction of sp³-hybridized carbons (Fsp3) is 0.469. The van der Waals surface area contributed by atoms with Crippen LogP contribution in [-0.4, -0.2) is 112 Å². The molecule has 1 saturated heterocycles. The van der Waals surface area contributed by atoms with E-state index in [0.29, 0.717) is 44.1 Å². The summed E-state index contributed by atoms with van der Waals surface area (Å²) in [6.07, 6.45) is -7.62. The number of aliphatic hydroxyl groups is 1. The number of carboxylic acid groups (broad SMARTS) is 1. The summed E-state index contributed by atoms with van der Waals surface area (Å²) < 4.78 is 72.6. The van der Waals surface area contributed by atoms with Crippen molar-refractivity contribution in [1.82, 2.24) is 4.98 Å². The number of ether oxygens (including phenoxy) is 6. The number of cyclic esters (lactones) is 1. The van der Waals surface area contributed by atoms with Crippen LogP contribution in [0.4, 0.5) is 23.7 Å². The number of carboxylic acids is 1. The predicted molar refractivity (Wildman–Crippen MR) is 165 cm³/mol. The van der Waals surface area contributed by atoms with Gasteiger partial charge in [-0.25, -0.2) is 9.59 Å². The first-order chi connectivity index (χ1) is 23.1. The van der Waals surface area contributed by atoms with Crippen LogP contribution >= 0.6 is 0 Å². The number of amides is 1. The van der Waals surface area contributed by atoms with Gasteiger partial charge in [0.2, 0.25) is 0 Å². The van der Waals surface area contributed by atoms with Gasteiger partial charge >= 0.3 is 18.2 Å². The number of pyridine rings is 1. The maximum Gasteiger partial charge on any atom is 0.417 e. The Morgan fingerprint density at radius 3 is 2.17 bits per heavy atom. The summed E-state index contributed by atoms with van der Waals surface area (Å²) in [4.78, 5) is 41.2. The number of aliphatic hydroxyl groups excluding tert-OH is 1. The van der Waals surface area contributed by atoms with Gasteiger partial charge in [-0.1, -0.05) is 24.3 Å². The molecule has 1 fully saturated rings. The maximum absolute atomic E-state index is 13.6. The number of nitrogens with zero attached hydrogens (tertiary/aromatic N) is 1. The molecule has 262 valence electrons. The second-order valence-electron chi connectivity index (χ2n) is 10.5. The minimum Gasteiger partial charge on any atom is -0.479 e. The molecular formula is C32H37F3N2O11. The molecule has 1 aliphatic heterocycles. The topological polar surface area (TPSA) is 166 Å². The predicted octanol–water partition coefficient (Wildman–Crippen LogP) is 3.46. The molecule has 4 rings (SSSR count). The van der Waals surface area contributed by atoms with Crippen LogP contribution in [-0.2, 0) is 39.4 Å². The molecule has 48 heavy (non-hydrogen) atoms. The molecule has 1 aliphatic rings. The lowest BCUT2D eigenvalue weighted by Crippen LogP contribution is -2.32. The van der Waals surface area contributed by atoms with E-state index in [2.05, 4.69) is 4.98 Å². The van der Waals surface area contributed by atoms with Crippen molar-refractivity contribution in [3.63, 3.8) is 0 Å². The lowest BCUT2D eigenvalue weighted by Gasteiger charge is -2.17. The Morgan fingerprint density at radius 2 is 1.54 bits per heavy atom. The number of nitrogens with one attached hydrogen (secondary N) is 1. The number of carbonyl (C=O) groups excluding carboxylic acids is 1. The normalized spacial score (nSPS) is 15.6. The van der Waals surface area contributed by atoms with Crippen LogP contribution in [0.25, 0.3) is 22.0 Å². The Morgan fingerprint density at radius 1 is 0.917 bits per heavy atom. The quantitative estimate of drug-likeness (QED) is 0.150. The SMILES string of the molecule is O=C(O)C(C[C@H]1CN(c2ccc3cc(-c4ccccc4C(F)(F)F)[nH]c(=O)c3c2)C(=O)O1)OCCOCCOCCOCCOCCO. The highest BCUT2D eigenvalue weighted by Crippen LogP contribution is 2.37. The highest BCUT2D eigenvalue weighted by molar-refractivity contribution is 5.95. The number of H-pyrrole nitrogens is 1. The van der Waals surface area contributed by atoms with Crippen molar-refractivity contribution in [2.24, 2.45) is 0 Å². The summed E-state index contributed by atoms with van der Waals surface area (Å²) >= 11 is 0. The second-order valence-corrected chi connectivity index (χ2v) is 10.5. The zero-order chi connectivity index (χ0) is 34.5. The number of aromatic amines is 1. The Balaban J connectivity index is 1.25. The molecule has 0 saturated carbocycles. The van der Waals surface area contributed by atoms with Crippen LogP contribution in [0.2, 0.25) is 0 Å². The number of aromatic nitrogens is 1. The molecule has 16 heteroatoms. The Labute approximate surface area is 273 Å². The molecule has 3 aromatic rings. The summed E-state index contributed by atoms with van der Waals surface area (Å²) in [5.74, 6) is -1.24. The highest BCUT2D eigenvalue weighted by atomic mass is 19.4. The molecule has 0 radical (unpaired) electrons. The molecule has 1 aromatic heterocycles. The lowest BCUT2D eigenvalue weighted by atomic mass is 10.0. The first kappa shape index (κ1) is 36.8. The second kappa shape index (κ2) is 17.9. The first-order valence-electron chi connectivity index (χ1n) is 15.2. The number of anilines is 1. The van der Waals surface area contributed by atoms with Gasteiger partial charge in [-0.05, 0) is 29.7 Å². The third-order valence-corrected chi connectivity index (χ3v) is 7.19. The van der Waals surface area contributed by atoms with Gasteiger partial charge in [-0.3, -0.25) is 9.69 Å². The number of benzene rings is 2. The van der Waals surface area contributed by atoms with Crippen LogP contribution in [0.5, 0.6) is 0 Å². The molecule has 1 amide bonds. The number of hydrogen-bond acceptors (Lipinski definition) is 10. The Bertz CT molecular complexity index is 1570. The van der Waals surface area contributed by atoms with Crippen molar-refractivity contribution in [3.05, 3.63) is 64.4 Å². The van der Waals surface area contributed by atoms with E-state index in [1.165, 1.54) is 47.4 Å². The van der Waals surface area contributed by atoms with Gasteiger partial charge in [0.05, 0.1) is 78.2 Å². The van der Waals surface area contributed by atoms with Crippen molar-refractivity contribution >= 4 is 28.5 Å². The van der Waals surface area contributed by atoms with E-state index in [1.807, 2.05) is 0 Å². The van der Waals surface area contributed by atoms with Crippen LogP contribution in [0.1, 0.15) is 12.0 Å². The van der Waals surface area contributed by atoms with Gasteiger partial charge in [-0.2, -0.15) is 13.2 Å². The molecule has 0 bridgehead atoms. The van der Waals surface area contributed by atoms with Gasteiger partial charge < -0.3 is 43.6 Å². The average Bonchev–Trinajstić information content (AvgIpc) is 3.43. The lowest BCUT2D eigenvalue weighted by molar-refractivity contribution is -0.153. The molecule has 2 heterocycles. The maximum atomic E-state index is 13.6. The van der Waals surface area contributed by atoms with Crippen molar-refractivity contribution in [1.29, 1.82) is 0 Å². The first-order valence-corrected chi connectivity index (χ1v) is 15.2. The van der Waals surface area contributed by atoms with E-state index in [9.17, 15) is 32.7 Å². The molecular weight excluding hydrogens is 645 g/mol. The summed E-state index contributed by atoms with van der Waals surface area (Å²) in [7, 11) is 0. The van der Waals surface area contributed by atoms with Crippen LogP contribution in [0.15, 0.2) is 53.3 Å². The van der Waals surface area contributed by atoms with E-state index < -0.39 is 41.6 Å². The van der Waals surface area contributed by atoms with Crippen LogP contribution in [0, 0.1) is 0 Å². The fourth-order valence-corrected chi connectivity index (χ4v) is 4.94. The Hall–Kier alpha value is -4.06. The van der Waals surface area contributed by atoms with Gasteiger partial charge in [0.1, 0.15) is 6.10 Å². The van der Waals surface area contributed by atoms with E-state index in [0.717, 1.165) is 6.07 Å². The van der Waals surface area contributed by atoms with Crippen molar-refractivity contribution in [3.8, 4) is 11.3 Å². The van der Waals surface area contributed by atoms with Gasteiger partial charge in [0.15, 0.2) is 6.10 Å². The van der Waals surface area contributed by atoms with Gasteiger partial charge in [-0.15, -0.1) is 0 Å². The van der Waals surface area contributed by atoms with Crippen LogP contribution in [0.3, 0.4) is 0 Å². The number of rotatable bonds is 20. The monoisotopic (exact) mass is 682 g/mol. The van der Waals surface area contributed by atoms with Gasteiger partial charge in [0, 0.05) is 28.8 Å². The van der Waals surface area contributed by atoms with Crippen molar-refractivity contribution < 1.29 is 61.4 Å². The largest absolute Gasteiger partial charge is 0.479 e. The minimum atomic E-state index is -4.62. The van der Waals surface area contributed by atoms with E-state index in [1.54, 1.807) is 0 Å². The number of aliphatic carboxylic acids is 1. The number of hydrogen-bond donors (Lipinski definition) is 3. The van der Waals surface area contributed by atoms with Crippen molar-refractivity contribution in [2.45, 2.75) is 24.8 Å². The third kappa shape index (κ3) is 10.5. The molecule has 2 aromatic carbocycles. The molecule has 3 N–H and O–H groups in total. The number of alkyl halides is 3. The fourth-order valence-electron chi connectivity index (χ4n) is 4.94. The average molecular weight is 683 g/mol. The van der Waals surface area contributed by atoms with Gasteiger partial charge in [0.25, 0.3) is 5.56 Å². The Kier molecular flexibility index (Phi) is 13.7. The number of carbonyl (C=O) groups is 2. The zero-order valence-corrected chi connectivity index (χ0v) is 25.9. The van der Waals surface area contributed by atoms with E-state index in [-0.39, 0.29) is 62.6 Å². The molecule has 2 atom stereocenters. The highest BCUT2D eigenvalue weighted by Gasteiger charge is 2.36. The standard InChI is InChI=1S/C32H37F3N2O11/c33-32(34,35)26-4-2-1-3-24(26)27-17-21-5-6-22(18-25(21)29(39)36-27)37-20-23(48-31(37)42)19-28(30(40)41)47-16-15-46-14-13-45-12-11-44-10-9-43-8-7-38/h1-6,17-18,23,28,38H,7-16,19-20H2,(H,36,39)(H,40,41)/t23-,28?/m0/s1. The van der Waals surface area contributed by atoms with Crippen molar-refractivity contribution in [2.75, 3.05) is 77.5 Å². The summed E-state index contributed by atoms with van der Waals surface area (Å²) in [6.45, 7) is 2.35. The number of fused-ring (bicyclic) bond motifs is 1. The summed E-state index contributed by atoms with van der Waals surface area (Å²) in [5, 5.41) is 18.7. The zero-order valence-electron chi connectivity index (χ0n) is 25.9. The molecule has 0 aliphatic carbocycles.